The number of hydrogen-bond acceptors (Lipinski definition) is 3. The van der Waals surface area contributed by atoms with Crippen molar-refractivity contribution in [3.8, 4) is 0 Å². The van der Waals surface area contributed by atoms with Crippen molar-refractivity contribution in [3.63, 3.8) is 0 Å². The molecule has 1 aromatic rings. The van der Waals surface area contributed by atoms with E-state index in [4.69, 9.17) is 0 Å². The van der Waals surface area contributed by atoms with Gasteiger partial charge in [-0.25, -0.2) is 5.21 Å². The van der Waals surface area contributed by atoms with E-state index in [1.165, 1.54) is 6.20 Å². The second kappa shape index (κ2) is 2.73. The van der Waals surface area contributed by atoms with Crippen LogP contribution in [0.2, 0.25) is 0 Å². The Labute approximate surface area is 45.4 Å². The van der Waals surface area contributed by atoms with Crippen molar-refractivity contribution in [2.75, 3.05) is 0 Å². The van der Waals surface area contributed by atoms with Gasteiger partial charge in [-0.1, -0.05) is 5.21 Å². The normalized spacial score (nSPS) is 8.00. The van der Waals surface area contributed by atoms with Gasteiger partial charge in [-0.05, 0) is 6.07 Å². The maximum Gasteiger partial charge on any atom is 0.0529 e. The topological polar surface area (TPSA) is 70.2 Å². The lowest BCUT2D eigenvalue weighted by Crippen LogP contribution is -1.85. The predicted molar refractivity (Wildman–Crippen MR) is 26.2 cm³/mol. The summed E-state index contributed by atoms with van der Waals surface area (Å²) in [7, 11) is 0. The van der Waals surface area contributed by atoms with E-state index in [2.05, 4.69) is 25.8 Å². The van der Waals surface area contributed by atoms with E-state index < -0.39 is 0 Å². The summed E-state index contributed by atoms with van der Waals surface area (Å²) in [6.45, 7) is 0. The molecule has 0 saturated carbocycles. The summed E-state index contributed by atoms with van der Waals surface area (Å²) < 4.78 is 0. The van der Waals surface area contributed by atoms with Crippen LogP contribution < -0.4 is 0 Å². The first-order valence-corrected chi connectivity index (χ1v) is 2.08. The first-order chi connectivity index (χ1) is 4.00. The minimum Gasteiger partial charge on any atom is -0.204 e. The van der Waals surface area contributed by atoms with Gasteiger partial charge in [0.1, 0.15) is 0 Å². The van der Waals surface area contributed by atoms with Gasteiger partial charge < -0.3 is 0 Å². The van der Waals surface area contributed by atoms with Crippen LogP contribution in [0.3, 0.4) is 0 Å². The molecule has 0 radical (unpaired) electrons. The lowest BCUT2D eigenvalue weighted by atomic mass is 10.7. The molecule has 0 atom stereocenters. The van der Waals surface area contributed by atoms with Gasteiger partial charge in [0.25, 0.3) is 0 Å². The quantitative estimate of drug-likeness (QED) is 0.480. The van der Waals surface area contributed by atoms with Gasteiger partial charge in [0.15, 0.2) is 0 Å². The van der Waals surface area contributed by atoms with Crippen molar-refractivity contribution >= 4 is 0 Å². The molecule has 0 fully saturated rings. The summed E-state index contributed by atoms with van der Waals surface area (Å²) in [5, 5.41) is 15.3. The van der Waals surface area contributed by atoms with Crippen molar-refractivity contribution in [1.82, 2.24) is 25.8 Å². The summed E-state index contributed by atoms with van der Waals surface area (Å²) in [6.07, 6.45) is 3.09. The number of H-pyrrole nitrogens is 2. The van der Waals surface area contributed by atoms with E-state index in [1.54, 1.807) is 12.3 Å². The highest BCUT2D eigenvalue weighted by Gasteiger charge is 1.57. The van der Waals surface area contributed by atoms with Gasteiger partial charge in [0.05, 0.1) is 12.4 Å². The minimum atomic E-state index is 1.53. The Balaban J connectivity index is 3.00. The first kappa shape index (κ1) is 4.76. The Morgan fingerprint density at radius 1 is 1.12 bits per heavy atom. The summed E-state index contributed by atoms with van der Waals surface area (Å²) in [6, 6.07) is 1.66. The fraction of sp³-hybridized carbons (Fsp3) is 0. The number of nitrogens with zero attached hydrogens (tertiary/aromatic N) is 3. The van der Waals surface area contributed by atoms with Crippen molar-refractivity contribution in [2.45, 2.75) is 0 Å². The zero-order valence-electron chi connectivity index (χ0n) is 4.07. The minimum absolute atomic E-state index is 1.53. The van der Waals surface area contributed by atoms with Gasteiger partial charge in [-0.3, -0.25) is 0 Å². The monoisotopic (exact) mass is 111 g/mol. The molecule has 1 aromatic heterocycles. The van der Waals surface area contributed by atoms with Crippen molar-refractivity contribution in [3.05, 3.63) is 18.5 Å². The Hall–Kier alpha value is -1.39. The van der Waals surface area contributed by atoms with Crippen LogP contribution in [0.1, 0.15) is 0 Å². The molecule has 0 amide bonds. The largest absolute Gasteiger partial charge is 0.204 e. The molecule has 5 heteroatoms. The zero-order chi connectivity index (χ0) is 5.66. The lowest BCUT2D eigenvalue weighted by molar-refractivity contribution is 0.726. The maximum atomic E-state index is 3.60. The number of hydrogen-bond donors (Lipinski definition) is 2. The van der Waals surface area contributed by atoms with Crippen LogP contribution in [0.15, 0.2) is 18.5 Å². The number of aromatic amines is 2. The maximum absolute atomic E-state index is 3.60. The van der Waals surface area contributed by atoms with Crippen LogP contribution in [0.5, 0.6) is 0 Å². The van der Waals surface area contributed by atoms with E-state index in [1.807, 2.05) is 0 Å². The molecular formula is C3H5N5. The molecule has 8 heavy (non-hydrogen) atoms. The molecule has 0 bridgehead atoms. The molecule has 0 aliphatic rings. The zero-order valence-corrected chi connectivity index (χ0v) is 4.07. The third-order valence-corrected chi connectivity index (χ3v) is 0.536. The molecule has 2 N–H and O–H groups in total. The van der Waals surface area contributed by atoms with Gasteiger partial charge in [-0.2, -0.15) is 10.3 Å². The molecule has 5 nitrogen and oxygen atoms in total. The molecule has 0 saturated heterocycles. The second-order valence-electron chi connectivity index (χ2n) is 1.06. The molecule has 0 aromatic carbocycles. The molecular weight excluding hydrogens is 106 g/mol. The van der Waals surface area contributed by atoms with Gasteiger partial charge in [-0.15, -0.1) is 5.10 Å². The van der Waals surface area contributed by atoms with E-state index >= 15 is 0 Å². The Kier molecular flexibility index (Phi) is 1.62. The molecule has 0 aliphatic carbocycles. The average Bonchev–Trinajstić information content (AvgIpc) is 1.62. The number of rotatable bonds is 0. The highest BCUT2D eigenvalue weighted by molar-refractivity contribution is 4.67. The summed E-state index contributed by atoms with van der Waals surface area (Å²) >= 11 is 0. The van der Waals surface area contributed by atoms with E-state index in [9.17, 15) is 0 Å². The third-order valence-electron chi connectivity index (χ3n) is 0.536. The number of nitrogens with one attached hydrogen (secondary N) is 2. The second-order valence-corrected chi connectivity index (χ2v) is 1.06. The Morgan fingerprint density at radius 3 is 3.12 bits per heavy atom. The molecule has 0 aliphatic heterocycles. The predicted octanol–water partition coefficient (Wildman–Crippen LogP) is -0.348. The summed E-state index contributed by atoms with van der Waals surface area (Å²) in [5.41, 5.74) is 0. The summed E-state index contributed by atoms with van der Waals surface area (Å²) in [4.78, 5) is 0. The van der Waals surface area contributed by atoms with Crippen LogP contribution in [0, 0.1) is 0 Å². The fourth-order valence-corrected chi connectivity index (χ4v) is 0.271. The molecule has 0 spiro atoms. The average molecular weight is 111 g/mol. The third kappa shape index (κ3) is 1.38. The van der Waals surface area contributed by atoms with Gasteiger partial charge in [0, 0.05) is 0 Å². The van der Waals surface area contributed by atoms with E-state index in [0.29, 0.717) is 0 Å². The molecule has 42 valence electrons. The number of aromatic nitrogens is 5. The molecule has 1 rings (SSSR count). The Bertz CT molecular complexity index is 112. The molecule has 0 unspecified atom stereocenters. The fourth-order valence-electron chi connectivity index (χ4n) is 0.271. The summed E-state index contributed by atoms with van der Waals surface area (Å²) in [5.74, 6) is 0. The SMILES string of the molecule is c1cnn[nH][nH]nc1. The van der Waals surface area contributed by atoms with Crippen LogP contribution in [0.25, 0.3) is 0 Å². The molecule has 1 heterocycles. The van der Waals surface area contributed by atoms with Crippen molar-refractivity contribution in [1.29, 1.82) is 0 Å². The van der Waals surface area contributed by atoms with E-state index in [-0.39, 0.29) is 0 Å². The first-order valence-electron chi connectivity index (χ1n) is 2.08. The van der Waals surface area contributed by atoms with Gasteiger partial charge in [0.2, 0.25) is 0 Å². The van der Waals surface area contributed by atoms with Crippen molar-refractivity contribution < 1.29 is 0 Å². The van der Waals surface area contributed by atoms with Crippen LogP contribution in [0.4, 0.5) is 0 Å². The Morgan fingerprint density at radius 2 is 2.12 bits per heavy atom. The smallest absolute Gasteiger partial charge is 0.0529 e. The van der Waals surface area contributed by atoms with Gasteiger partial charge >= 0.3 is 0 Å². The van der Waals surface area contributed by atoms with E-state index in [0.717, 1.165) is 0 Å². The van der Waals surface area contributed by atoms with Crippen LogP contribution in [-0.2, 0) is 0 Å². The highest BCUT2D eigenvalue weighted by atomic mass is 15.5. The lowest BCUT2D eigenvalue weighted by Gasteiger charge is -1.73. The standard InChI is InChI=1S/C3H5N5/c1-2-4-6-8-7-5-3-1/h1-3H,(H,6,7)(H,4,5,8). The highest BCUT2D eigenvalue weighted by Crippen LogP contribution is 1.59. The van der Waals surface area contributed by atoms with Crippen molar-refractivity contribution in [2.24, 2.45) is 0 Å². The van der Waals surface area contributed by atoms with Crippen LogP contribution >= 0.6 is 0 Å². The van der Waals surface area contributed by atoms with Crippen LogP contribution in [-0.4, -0.2) is 25.8 Å².